The Balaban J connectivity index is 2.23. The van der Waals surface area contributed by atoms with Crippen LogP contribution in [0.15, 0.2) is 16.6 Å². The predicted octanol–water partition coefficient (Wildman–Crippen LogP) is 4.42. The van der Waals surface area contributed by atoms with Crippen molar-refractivity contribution in [1.29, 1.82) is 0 Å². The summed E-state index contributed by atoms with van der Waals surface area (Å²) >= 11 is 3.11. The highest BCUT2D eigenvalue weighted by molar-refractivity contribution is 9.10. The molecule has 0 aliphatic heterocycles. The van der Waals surface area contributed by atoms with Gasteiger partial charge < -0.3 is 5.73 Å². The molecule has 2 unspecified atom stereocenters. The first-order valence-electron chi connectivity index (χ1n) is 6.68. The molecule has 0 aromatic heterocycles. The van der Waals surface area contributed by atoms with E-state index in [4.69, 9.17) is 5.73 Å². The summed E-state index contributed by atoms with van der Waals surface area (Å²) in [4.78, 5) is 0. The molecule has 0 radical (unpaired) electrons. The van der Waals surface area contributed by atoms with E-state index in [0.29, 0.717) is 10.9 Å². The van der Waals surface area contributed by atoms with E-state index in [-0.39, 0.29) is 22.9 Å². The minimum atomic E-state index is -0.490. The van der Waals surface area contributed by atoms with Crippen LogP contribution in [0.25, 0.3) is 0 Å². The first kappa shape index (κ1) is 14.9. The molecular weight excluding hydrogens is 312 g/mol. The average Bonchev–Trinajstić information content (AvgIpc) is 2.34. The normalized spacial score (nSPS) is 26.4. The highest BCUT2D eigenvalue weighted by Crippen LogP contribution is 2.40. The molecule has 19 heavy (non-hydrogen) atoms. The Morgan fingerprint density at radius 2 is 2.05 bits per heavy atom. The Kier molecular flexibility index (Phi) is 4.31. The quantitative estimate of drug-likeness (QED) is 0.797. The summed E-state index contributed by atoms with van der Waals surface area (Å²) in [5, 5.41) is 0. The van der Waals surface area contributed by atoms with Crippen LogP contribution in [0, 0.1) is 23.0 Å². The number of hydrogen-bond donors (Lipinski definition) is 1. The van der Waals surface area contributed by atoms with Gasteiger partial charge in [0.1, 0.15) is 11.6 Å². The summed E-state index contributed by atoms with van der Waals surface area (Å²) < 4.78 is 28.1. The third kappa shape index (κ3) is 3.34. The minimum Gasteiger partial charge on any atom is -0.327 e. The van der Waals surface area contributed by atoms with Crippen molar-refractivity contribution in [2.75, 3.05) is 0 Å². The first-order valence-corrected chi connectivity index (χ1v) is 7.47. The Morgan fingerprint density at radius 1 is 1.37 bits per heavy atom. The van der Waals surface area contributed by atoms with Crippen LogP contribution in [0.5, 0.6) is 0 Å². The van der Waals surface area contributed by atoms with Crippen LogP contribution in [-0.2, 0) is 6.42 Å². The molecule has 1 nitrogen and oxygen atoms in total. The van der Waals surface area contributed by atoms with Gasteiger partial charge in [0, 0.05) is 11.6 Å². The van der Waals surface area contributed by atoms with Crippen LogP contribution in [0.2, 0.25) is 0 Å². The van der Waals surface area contributed by atoms with Gasteiger partial charge >= 0.3 is 0 Å². The minimum absolute atomic E-state index is 0.0332. The maximum Gasteiger partial charge on any atom is 0.143 e. The fourth-order valence-corrected chi connectivity index (χ4v) is 3.37. The molecule has 4 heteroatoms. The van der Waals surface area contributed by atoms with E-state index in [9.17, 15) is 8.78 Å². The van der Waals surface area contributed by atoms with E-state index in [2.05, 4.69) is 29.8 Å². The van der Waals surface area contributed by atoms with Crippen LogP contribution in [-0.4, -0.2) is 6.04 Å². The molecule has 1 aromatic rings. The summed E-state index contributed by atoms with van der Waals surface area (Å²) in [6.45, 7) is 4.39. The first-order chi connectivity index (χ1) is 8.80. The van der Waals surface area contributed by atoms with Gasteiger partial charge in [-0.1, -0.05) is 13.8 Å². The van der Waals surface area contributed by atoms with E-state index >= 15 is 0 Å². The molecular formula is C15H20BrF2N. The maximum atomic E-state index is 14.0. The van der Waals surface area contributed by atoms with Crippen LogP contribution in [0.4, 0.5) is 8.78 Å². The van der Waals surface area contributed by atoms with Gasteiger partial charge in [0.25, 0.3) is 0 Å². The number of rotatable bonds is 2. The molecule has 0 amide bonds. The van der Waals surface area contributed by atoms with Gasteiger partial charge in [-0.2, -0.15) is 0 Å². The van der Waals surface area contributed by atoms with Crippen molar-refractivity contribution in [3.8, 4) is 0 Å². The van der Waals surface area contributed by atoms with Crippen molar-refractivity contribution in [1.82, 2.24) is 0 Å². The smallest absolute Gasteiger partial charge is 0.143 e. The second-order valence-corrected chi connectivity index (χ2v) is 7.21. The van der Waals surface area contributed by atoms with Gasteiger partial charge in [0.05, 0.1) is 4.47 Å². The third-order valence-corrected chi connectivity index (χ3v) is 4.79. The van der Waals surface area contributed by atoms with Gasteiger partial charge in [-0.05, 0) is 65.1 Å². The molecule has 0 bridgehead atoms. The summed E-state index contributed by atoms with van der Waals surface area (Å²) in [6.07, 6.45) is 3.30. The van der Waals surface area contributed by atoms with Crippen LogP contribution < -0.4 is 5.73 Å². The van der Waals surface area contributed by atoms with E-state index in [1.165, 1.54) is 12.1 Å². The zero-order valence-electron chi connectivity index (χ0n) is 11.3. The van der Waals surface area contributed by atoms with Gasteiger partial charge in [0.15, 0.2) is 0 Å². The summed E-state index contributed by atoms with van der Waals surface area (Å²) in [7, 11) is 0. The van der Waals surface area contributed by atoms with Gasteiger partial charge in [0.2, 0.25) is 0 Å². The molecule has 2 N–H and O–H groups in total. The van der Waals surface area contributed by atoms with Crippen molar-refractivity contribution in [3.63, 3.8) is 0 Å². The van der Waals surface area contributed by atoms with Crippen molar-refractivity contribution < 1.29 is 8.78 Å². The summed E-state index contributed by atoms with van der Waals surface area (Å²) in [6, 6.07) is 2.74. The molecule has 1 aromatic carbocycles. The molecule has 1 saturated carbocycles. The zero-order valence-corrected chi connectivity index (χ0v) is 12.9. The van der Waals surface area contributed by atoms with Gasteiger partial charge in [-0.3, -0.25) is 0 Å². The second-order valence-electron chi connectivity index (χ2n) is 6.36. The SMILES string of the molecule is CC1(C)CCC(N)C(Cc2c(F)ccc(Br)c2F)C1. The number of nitrogens with two attached hydrogens (primary N) is 1. The molecule has 0 saturated heterocycles. The largest absolute Gasteiger partial charge is 0.327 e. The topological polar surface area (TPSA) is 26.0 Å². The zero-order chi connectivity index (χ0) is 14.2. The molecule has 2 atom stereocenters. The predicted molar refractivity (Wildman–Crippen MR) is 76.9 cm³/mol. The highest BCUT2D eigenvalue weighted by atomic mass is 79.9. The molecule has 2 rings (SSSR count). The number of benzene rings is 1. The maximum absolute atomic E-state index is 14.0. The molecule has 1 aliphatic carbocycles. The van der Waals surface area contributed by atoms with Crippen molar-refractivity contribution in [2.24, 2.45) is 17.1 Å². The molecule has 1 aliphatic rings. The highest BCUT2D eigenvalue weighted by Gasteiger charge is 2.34. The fourth-order valence-electron chi connectivity index (χ4n) is 3.00. The number of hydrogen-bond acceptors (Lipinski definition) is 1. The lowest BCUT2D eigenvalue weighted by Gasteiger charge is -2.39. The van der Waals surface area contributed by atoms with Crippen LogP contribution in [0.3, 0.4) is 0 Å². The van der Waals surface area contributed by atoms with Crippen molar-refractivity contribution >= 4 is 15.9 Å². The van der Waals surface area contributed by atoms with Gasteiger partial charge in [-0.25, -0.2) is 8.78 Å². The fraction of sp³-hybridized carbons (Fsp3) is 0.600. The van der Waals surface area contributed by atoms with Gasteiger partial charge in [-0.15, -0.1) is 0 Å². The lowest BCUT2D eigenvalue weighted by molar-refractivity contribution is 0.155. The Labute approximate surface area is 121 Å². The number of halogens is 3. The van der Waals surface area contributed by atoms with E-state index < -0.39 is 11.6 Å². The van der Waals surface area contributed by atoms with Crippen molar-refractivity contribution in [2.45, 2.75) is 45.6 Å². The average molecular weight is 332 g/mol. The third-order valence-electron chi connectivity index (χ3n) is 4.18. The molecule has 106 valence electrons. The standard InChI is InChI=1S/C15H20BrF2N/c1-15(2)6-5-13(19)9(8-15)7-10-12(17)4-3-11(16)14(10)18/h3-4,9,13H,5-8,19H2,1-2H3. The summed E-state index contributed by atoms with van der Waals surface area (Å²) in [5.74, 6) is -0.825. The van der Waals surface area contributed by atoms with E-state index in [0.717, 1.165) is 19.3 Å². The molecule has 0 spiro atoms. The second kappa shape index (κ2) is 5.49. The Morgan fingerprint density at radius 3 is 2.74 bits per heavy atom. The molecule has 1 fully saturated rings. The van der Waals surface area contributed by atoms with Crippen LogP contribution in [0.1, 0.15) is 38.7 Å². The Hall–Kier alpha value is -0.480. The lowest BCUT2D eigenvalue weighted by Crippen LogP contribution is -2.40. The molecule has 0 heterocycles. The van der Waals surface area contributed by atoms with Crippen molar-refractivity contribution in [3.05, 3.63) is 33.8 Å². The lowest BCUT2D eigenvalue weighted by atomic mass is 9.68. The summed E-state index contributed by atoms with van der Waals surface area (Å²) in [5.41, 5.74) is 6.50. The van der Waals surface area contributed by atoms with Crippen LogP contribution >= 0.6 is 15.9 Å². The Bertz CT molecular complexity index is 473. The van der Waals surface area contributed by atoms with E-state index in [1.807, 2.05) is 0 Å². The monoisotopic (exact) mass is 331 g/mol. The van der Waals surface area contributed by atoms with E-state index in [1.54, 1.807) is 0 Å².